The van der Waals surface area contributed by atoms with Gasteiger partial charge in [-0.1, -0.05) is 25.1 Å². The molecule has 6 nitrogen and oxygen atoms in total. The van der Waals surface area contributed by atoms with Crippen molar-refractivity contribution in [2.75, 3.05) is 27.4 Å². The second kappa shape index (κ2) is 10.2. The highest BCUT2D eigenvalue weighted by Gasteiger charge is 2.09. The fourth-order valence-electron chi connectivity index (χ4n) is 2.29. The SMILES string of the molecule is CCCOc1ccc(CNC(=O)COc2ccccc2OC)cc1OC. The van der Waals surface area contributed by atoms with Gasteiger partial charge >= 0.3 is 0 Å². The third kappa shape index (κ3) is 5.58. The lowest BCUT2D eigenvalue weighted by Gasteiger charge is -2.13. The van der Waals surface area contributed by atoms with Gasteiger partial charge in [0.2, 0.25) is 0 Å². The van der Waals surface area contributed by atoms with E-state index in [9.17, 15) is 4.79 Å². The summed E-state index contributed by atoms with van der Waals surface area (Å²) in [6.45, 7) is 2.96. The highest BCUT2D eigenvalue weighted by atomic mass is 16.5. The fourth-order valence-corrected chi connectivity index (χ4v) is 2.29. The fraction of sp³-hybridized carbons (Fsp3) is 0.350. The van der Waals surface area contributed by atoms with Gasteiger partial charge in [-0.05, 0) is 36.2 Å². The summed E-state index contributed by atoms with van der Waals surface area (Å²) in [7, 11) is 3.15. The molecule has 0 aromatic heterocycles. The monoisotopic (exact) mass is 359 g/mol. The molecule has 0 aliphatic heterocycles. The molecule has 1 amide bonds. The Bertz CT molecular complexity index is 717. The third-order valence-corrected chi connectivity index (χ3v) is 3.61. The normalized spacial score (nSPS) is 10.1. The van der Waals surface area contributed by atoms with E-state index in [1.807, 2.05) is 37.3 Å². The molecule has 2 rings (SSSR count). The van der Waals surface area contributed by atoms with E-state index in [4.69, 9.17) is 18.9 Å². The van der Waals surface area contributed by atoms with Crippen LogP contribution in [0.2, 0.25) is 0 Å². The molecule has 6 heteroatoms. The molecule has 0 heterocycles. The van der Waals surface area contributed by atoms with E-state index in [1.54, 1.807) is 26.4 Å². The van der Waals surface area contributed by atoms with Crippen molar-refractivity contribution in [2.45, 2.75) is 19.9 Å². The lowest BCUT2D eigenvalue weighted by molar-refractivity contribution is -0.123. The van der Waals surface area contributed by atoms with Crippen LogP contribution in [0, 0.1) is 0 Å². The number of carbonyl (C=O) groups is 1. The molecule has 0 radical (unpaired) electrons. The first-order valence-electron chi connectivity index (χ1n) is 8.50. The highest BCUT2D eigenvalue weighted by Crippen LogP contribution is 2.28. The van der Waals surface area contributed by atoms with Crippen LogP contribution in [0.1, 0.15) is 18.9 Å². The van der Waals surface area contributed by atoms with Crippen molar-refractivity contribution < 1.29 is 23.7 Å². The molecule has 0 aliphatic rings. The van der Waals surface area contributed by atoms with Crippen molar-refractivity contribution in [1.82, 2.24) is 5.32 Å². The molecule has 2 aromatic carbocycles. The summed E-state index contributed by atoms with van der Waals surface area (Å²) in [5.74, 6) is 2.25. The van der Waals surface area contributed by atoms with Gasteiger partial charge in [-0.3, -0.25) is 4.79 Å². The van der Waals surface area contributed by atoms with Crippen LogP contribution in [0.25, 0.3) is 0 Å². The van der Waals surface area contributed by atoms with Crippen molar-refractivity contribution >= 4 is 5.91 Å². The number of hydrogen-bond donors (Lipinski definition) is 1. The Labute approximate surface area is 154 Å². The Morgan fingerprint density at radius 2 is 1.62 bits per heavy atom. The van der Waals surface area contributed by atoms with Crippen LogP contribution in [0.5, 0.6) is 23.0 Å². The van der Waals surface area contributed by atoms with Crippen LogP contribution in [0.4, 0.5) is 0 Å². The molecule has 0 atom stereocenters. The molecule has 0 unspecified atom stereocenters. The Balaban J connectivity index is 1.86. The van der Waals surface area contributed by atoms with Crippen molar-refractivity contribution in [3.8, 4) is 23.0 Å². The van der Waals surface area contributed by atoms with Gasteiger partial charge in [-0.15, -0.1) is 0 Å². The maximum Gasteiger partial charge on any atom is 0.258 e. The van der Waals surface area contributed by atoms with Gasteiger partial charge in [0, 0.05) is 6.54 Å². The number of amides is 1. The van der Waals surface area contributed by atoms with Crippen LogP contribution in [0.15, 0.2) is 42.5 Å². The standard InChI is InChI=1S/C20H25NO5/c1-4-11-25-18-10-9-15(12-19(18)24-3)13-21-20(22)14-26-17-8-6-5-7-16(17)23-2/h5-10,12H,4,11,13-14H2,1-3H3,(H,21,22). The maximum atomic E-state index is 12.0. The summed E-state index contributed by atoms with van der Waals surface area (Å²) in [6, 6.07) is 12.8. The first-order valence-corrected chi connectivity index (χ1v) is 8.50. The average Bonchev–Trinajstić information content (AvgIpc) is 2.69. The van der Waals surface area contributed by atoms with E-state index in [2.05, 4.69) is 5.32 Å². The second-order valence-corrected chi connectivity index (χ2v) is 5.55. The molecule has 1 N–H and O–H groups in total. The number of rotatable bonds is 10. The number of hydrogen-bond acceptors (Lipinski definition) is 5. The molecule has 0 fully saturated rings. The zero-order valence-electron chi connectivity index (χ0n) is 15.4. The minimum absolute atomic E-state index is 0.0881. The average molecular weight is 359 g/mol. The smallest absolute Gasteiger partial charge is 0.258 e. The summed E-state index contributed by atoms with van der Waals surface area (Å²) in [5.41, 5.74) is 0.913. The van der Waals surface area contributed by atoms with Gasteiger partial charge in [0.15, 0.2) is 29.6 Å². The van der Waals surface area contributed by atoms with Gasteiger partial charge in [-0.25, -0.2) is 0 Å². The van der Waals surface area contributed by atoms with Crippen LogP contribution >= 0.6 is 0 Å². The predicted molar refractivity (Wildman–Crippen MR) is 99.1 cm³/mol. The number of ether oxygens (including phenoxy) is 4. The molecular weight excluding hydrogens is 334 g/mol. The lowest BCUT2D eigenvalue weighted by atomic mass is 10.2. The number of methoxy groups -OCH3 is 2. The predicted octanol–water partition coefficient (Wildman–Crippen LogP) is 3.19. The summed E-state index contributed by atoms with van der Waals surface area (Å²) >= 11 is 0. The summed E-state index contributed by atoms with van der Waals surface area (Å²) < 4.78 is 21.7. The van der Waals surface area contributed by atoms with E-state index in [0.29, 0.717) is 36.1 Å². The van der Waals surface area contributed by atoms with Gasteiger partial charge in [0.05, 0.1) is 20.8 Å². The highest BCUT2D eigenvalue weighted by molar-refractivity contribution is 5.77. The van der Waals surface area contributed by atoms with E-state index >= 15 is 0 Å². The Morgan fingerprint density at radius 1 is 0.923 bits per heavy atom. The summed E-state index contributed by atoms with van der Waals surface area (Å²) in [4.78, 5) is 12.0. The Kier molecular flexibility index (Phi) is 7.61. The lowest BCUT2D eigenvalue weighted by Crippen LogP contribution is -2.28. The molecule has 0 saturated carbocycles. The van der Waals surface area contributed by atoms with Gasteiger partial charge < -0.3 is 24.3 Å². The molecule has 0 aliphatic carbocycles. The van der Waals surface area contributed by atoms with Gasteiger partial charge in [0.1, 0.15) is 0 Å². The minimum atomic E-state index is -0.221. The van der Waals surface area contributed by atoms with Crippen LogP contribution in [-0.2, 0) is 11.3 Å². The van der Waals surface area contributed by atoms with Crippen molar-refractivity contribution in [3.05, 3.63) is 48.0 Å². The van der Waals surface area contributed by atoms with Crippen LogP contribution < -0.4 is 24.3 Å². The molecular formula is C20H25NO5. The molecule has 2 aromatic rings. The molecule has 26 heavy (non-hydrogen) atoms. The molecule has 0 bridgehead atoms. The van der Waals surface area contributed by atoms with Crippen molar-refractivity contribution in [2.24, 2.45) is 0 Å². The van der Waals surface area contributed by atoms with Crippen molar-refractivity contribution in [3.63, 3.8) is 0 Å². The quantitative estimate of drug-likeness (QED) is 0.706. The zero-order chi connectivity index (χ0) is 18.8. The zero-order valence-corrected chi connectivity index (χ0v) is 15.4. The van der Waals surface area contributed by atoms with E-state index in [-0.39, 0.29) is 12.5 Å². The first kappa shape index (κ1) is 19.4. The first-order chi connectivity index (χ1) is 12.7. The third-order valence-electron chi connectivity index (χ3n) is 3.61. The van der Waals surface area contributed by atoms with E-state index < -0.39 is 0 Å². The number of carbonyl (C=O) groups excluding carboxylic acids is 1. The number of nitrogens with one attached hydrogen (secondary N) is 1. The van der Waals surface area contributed by atoms with Crippen molar-refractivity contribution in [1.29, 1.82) is 0 Å². The molecule has 140 valence electrons. The molecule has 0 saturated heterocycles. The minimum Gasteiger partial charge on any atom is -0.493 e. The van der Waals surface area contributed by atoms with Crippen LogP contribution in [0.3, 0.4) is 0 Å². The van der Waals surface area contributed by atoms with Gasteiger partial charge in [-0.2, -0.15) is 0 Å². The summed E-state index contributed by atoms with van der Waals surface area (Å²) in [6.07, 6.45) is 0.924. The van der Waals surface area contributed by atoms with Gasteiger partial charge in [0.25, 0.3) is 5.91 Å². The van der Waals surface area contributed by atoms with Crippen LogP contribution in [-0.4, -0.2) is 33.3 Å². The number of para-hydroxylation sites is 2. The number of benzene rings is 2. The summed E-state index contributed by atoms with van der Waals surface area (Å²) in [5, 5.41) is 2.82. The topological polar surface area (TPSA) is 66.0 Å². The largest absolute Gasteiger partial charge is 0.493 e. The van der Waals surface area contributed by atoms with E-state index in [1.165, 1.54) is 0 Å². The maximum absolute atomic E-state index is 12.0. The Morgan fingerprint density at radius 3 is 2.31 bits per heavy atom. The second-order valence-electron chi connectivity index (χ2n) is 5.55. The molecule has 0 spiro atoms. The Hall–Kier alpha value is -2.89. The van der Waals surface area contributed by atoms with E-state index in [0.717, 1.165) is 12.0 Å².